The summed E-state index contributed by atoms with van der Waals surface area (Å²) < 4.78 is 10.7. The lowest BCUT2D eigenvalue weighted by Gasteiger charge is -2.15. The van der Waals surface area contributed by atoms with Crippen LogP contribution < -0.4 is 0 Å². The van der Waals surface area contributed by atoms with Gasteiger partial charge < -0.3 is 14.6 Å². The lowest BCUT2D eigenvalue weighted by Crippen LogP contribution is -2.28. The standard InChI is InChI=1S/C71H128O5/c1-3-5-7-9-11-13-15-17-19-21-23-25-27-29-31-33-34-35-36-38-39-41-43-45-47-49-51-53-55-57-59-61-63-65-70(73)75-68-69(67-72)76-71(74)66-64-62-60-58-56-54-52-50-48-46-44-42-40-37-32-30-28-26-24-22-20-18-16-14-12-10-8-6-4-2/h6,8,12,14,18,20,24,26,30,32,40,42,69,72H,3-5,7,9-11,13,15-17,19,21-23,25,27-29,31,33-39,41,43-68H2,1-2H3/b8-6-,14-12-,20-18-,26-24-,32-30-,42-40-. The van der Waals surface area contributed by atoms with E-state index in [4.69, 9.17) is 9.47 Å². The van der Waals surface area contributed by atoms with E-state index >= 15 is 0 Å². The average molecular weight is 1060 g/mol. The molecule has 0 aromatic carbocycles. The molecule has 0 amide bonds. The number of aliphatic hydroxyl groups is 1. The van der Waals surface area contributed by atoms with Gasteiger partial charge in [-0.2, -0.15) is 0 Å². The summed E-state index contributed by atoms with van der Waals surface area (Å²) in [6.07, 6.45) is 92.1. The zero-order valence-electron chi connectivity index (χ0n) is 50.8. The Hall–Kier alpha value is -2.66. The van der Waals surface area contributed by atoms with Gasteiger partial charge in [0, 0.05) is 12.8 Å². The van der Waals surface area contributed by atoms with E-state index < -0.39 is 6.10 Å². The first-order valence-corrected chi connectivity index (χ1v) is 33.5. The molecule has 0 rings (SSSR count). The largest absolute Gasteiger partial charge is 0.462 e. The van der Waals surface area contributed by atoms with Crippen molar-refractivity contribution >= 4 is 11.9 Å². The highest BCUT2D eigenvalue weighted by Crippen LogP contribution is 2.18. The van der Waals surface area contributed by atoms with Crippen LogP contribution in [0.4, 0.5) is 0 Å². The van der Waals surface area contributed by atoms with Crippen molar-refractivity contribution in [3.8, 4) is 0 Å². The van der Waals surface area contributed by atoms with Gasteiger partial charge in [0.25, 0.3) is 0 Å². The molecule has 0 saturated heterocycles. The zero-order valence-corrected chi connectivity index (χ0v) is 50.8. The Labute approximate surface area is 473 Å². The third-order valence-electron chi connectivity index (χ3n) is 15.0. The lowest BCUT2D eigenvalue weighted by molar-refractivity contribution is -0.161. The van der Waals surface area contributed by atoms with E-state index in [1.165, 1.54) is 244 Å². The van der Waals surface area contributed by atoms with Gasteiger partial charge in [0.1, 0.15) is 6.61 Å². The van der Waals surface area contributed by atoms with Crippen LogP contribution in [0, 0.1) is 0 Å². The summed E-state index contributed by atoms with van der Waals surface area (Å²) in [6.45, 7) is 4.07. The average Bonchev–Trinajstić information content (AvgIpc) is 3.42. The number of aliphatic hydroxyl groups excluding tert-OH is 1. The van der Waals surface area contributed by atoms with Gasteiger partial charge in [0.2, 0.25) is 0 Å². The van der Waals surface area contributed by atoms with E-state index in [0.29, 0.717) is 12.8 Å². The fourth-order valence-corrected chi connectivity index (χ4v) is 10.0. The molecule has 442 valence electrons. The van der Waals surface area contributed by atoms with Crippen LogP contribution in [-0.2, 0) is 19.1 Å². The third-order valence-corrected chi connectivity index (χ3v) is 15.0. The number of unbranched alkanes of at least 4 members (excludes halogenated alkanes) is 42. The van der Waals surface area contributed by atoms with Crippen molar-refractivity contribution in [3.63, 3.8) is 0 Å². The van der Waals surface area contributed by atoms with Gasteiger partial charge in [-0.1, -0.05) is 344 Å². The number of rotatable bonds is 62. The van der Waals surface area contributed by atoms with Crippen molar-refractivity contribution < 1.29 is 24.2 Å². The van der Waals surface area contributed by atoms with Crippen molar-refractivity contribution in [2.45, 2.75) is 354 Å². The van der Waals surface area contributed by atoms with Crippen LogP contribution in [0.1, 0.15) is 348 Å². The van der Waals surface area contributed by atoms with Crippen molar-refractivity contribution in [1.82, 2.24) is 0 Å². The SMILES string of the molecule is CC/C=C\C/C=C\C/C=C\C/C=C\C/C=C\C/C=C\CCCCCCCCCCCCC(=O)OC(CO)COC(=O)CCCCCCCCCCCCCCCCCCCCCCCCCCCCCCCCCCC. The fraction of sp³-hybridized carbons (Fsp3) is 0.803. The lowest BCUT2D eigenvalue weighted by atomic mass is 10.0. The monoisotopic (exact) mass is 1060 g/mol. The second-order valence-electron chi connectivity index (χ2n) is 22.5. The second-order valence-corrected chi connectivity index (χ2v) is 22.5. The highest BCUT2D eigenvalue weighted by atomic mass is 16.6. The molecule has 0 bridgehead atoms. The Balaban J connectivity index is 3.44. The van der Waals surface area contributed by atoms with Crippen molar-refractivity contribution in [2.24, 2.45) is 0 Å². The van der Waals surface area contributed by atoms with Crippen molar-refractivity contribution in [1.29, 1.82) is 0 Å². The van der Waals surface area contributed by atoms with Crippen molar-refractivity contribution in [2.75, 3.05) is 13.2 Å². The van der Waals surface area contributed by atoms with E-state index in [1.54, 1.807) is 0 Å². The van der Waals surface area contributed by atoms with Crippen LogP contribution >= 0.6 is 0 Å². The highest BCUT2D eigenvalue weighted by Gasteiger charge is 2.16. The molecule has 0 spiro atoms. The molecule has 0 fully saturated rings. The van der Waals surface area contributed by atoms with E-state index in [0.717, 1.165) is 77.0 Å². The first-order chi connectivity index (χ1) is 37.6. The maximum Gasteiger partial charge on any atom is 0.306 e. The Morgan fingerprint density at radius 2 is 0.566 bits per heavy atom. The van der Waals surface area contributed by atoms with Crippen LogP contribution in [0.15, 0.2) is 72.9 Å². The minimum Gasteiger partial charge on any atom is -0.462 e. The molecular weight excluding hydrogens is 933 g/mol. The topological polar surface area (TPSA) is 72.8 Å². The molecule has 0 aliphatic rings. The number of allylic oxidation sites excluding steroid dienone is 12. The van der Waals surface area contributed by atoms with Crippen LogP contribution in [0.25, 0.3) is 0 Å². The molecular formula is C71H128O5. The summed E-state index contributed by atoms with van der Waals surface area (Å²) in [6, 6.07) is 0. The molecule has 1 unspecified atom stereocenters. The predicted octanol–water partition coefficient (Wildman–Crippen LogP) is 23.1. The molecule has 0 aliphatic heterocycles. The number of esters is 2. The van der Waals surface area contributed by atoms with Gasteiger partial charge in [-0.15, -0.1) is 0 Å². The van der Waals surface area contributed by atoms with Crippen LogP contribution in [0.3, 0.4) is 0 Å². The van der Waals surface area contributed by atoms with Gasteiger partial charge in [-0.25, -0.2) is 0 Å². The van der Waals surface area contributed by atoms with Gasteiger partial charge >= 0.3 is 11.9 Å². The van der Waals surface area contributed by atoms with E-state index in [-0.39, 0.29) is 25.2 Å². The summed E-state index contributed by atoms with van der Waals surface area (Å²) >= 11 is 0. The molecule has 5 heteroatoms. The van der Waals surface area contributed by atoms with E-state index in [2.05, 4.69) is 86.8 Å². The van der Waals surface area contributed by atoms with Crippen molar-refractivity contribution in [3.05, 3.63) is 72.9 Å². The smallest absolute Gasteiger partial charge is 0.306 e. The van der Waals surface area contributed by atoms with E-state index in [9.17, 15) is 14.7 Å². The summed E-state index contributed by atoms with van der Waals surface area (Å²) in [5.74, 6) is -0.582. The minimum absolute atomic E-state index is 0.0662. The molecule has 0 radical (unpaired) electrons. The maximum atomic E-state index is 12.3. The van der Waals surface area contributed by atoms with Crippen LogP contribution in [0.5, 0.6) is 0 Å². The van der Waals surface area contributed by atoms with Gasteiger partial charge in [-0.05, 0) is 64.2 Å². The molecule has 1 N–H and O–H groups in total. The Morgan fingerprint density at radius 1 is 0.316 bits per heavy atom. The fourth-order valence-electron chi connectivity index (χ4n) is 10.0. The Kier molecular flexibility index (Phi) is 64.3. The molecule has 5 nitrogen and oxygen atoms in total. The summed E-state index contributed by atoms with van der Waals surface area (Å²) in [7, 11) is 0. The number of hydrogen-bond donors (Lipinski definition) is 1. The Morgan fingerprint density at radius 3 is 0.855 bits per heavy atom. The molecule has 0 heterocycles. The molecule has 0 aromatic heterocycles. The third kappa shape index (κ3) is 63.9. The maximum absolute atomic E-state index is 12.3. The molecule has 0 saturated carbocycles. The van der Waals surface area contributed by atoms with Gasteiger partial charge in [-0.3, -0.25) is 9.59 Å². The first kappa shape index (κ1) is 73.3. The Bertz CT molecular complexity index is 1340. The summed E-state index contributed by atoms with van der Waals surface area (Å²) in [5.41, 5.74) is 0. The number of carbonyl (C=O) groups excluding carboxylic acids is 2. The van der Waals surface area contributed by atoms with E-state index in [1.807, 2.05) is 0 Å². The number of ether oxygens (including phenoxy) is 2. The minimum atomic E-state index is -0.778. The highest BCUT2D eigenvalue weighted by molar-refractivity contribution is 5.70. The van der Waals surface area contributed by atoms with Crippen LogP contribution in [-0.4, -0.2) is 36.4 Å². The number of hydrogen-bond acceptors (Lipinski definition) is 5. The molecule has 0 aromatic rings. The zero-order chi connectivity index (χ0) is 54.8. The molecule has 0 aliphatic carbocycles. The normalized spacial score (nSPS) is 12.6. The van der Waals surface area contributed by atoms with Crippen LogP contribution in [0.2, 0.25) is 0 Å². The summed E-state index contributed by atoms with van der Waals surface area (Å²) in [5, 5.41) is 9.69. The number of carbonyl (C=O) groups is 2. The molecule has 1 atom stereocenters. The summed E-state index contributed by atoms with van der Waals surface area (Å²) in [4.78, 5) is 24.6. The first-order valence-electron chi connectivity index (χ1n) is 33.5. The quantitative estimate of drug-likeness (QED) is 0.0373. The van der Waals surface area contributed by atoms with Gasteiger partial charge in [0.15, 0.2) is 6.10 Å². The predicted molar refractivity (Wildman–Crippen MR) is 334 cm³/mol. The second kappa shape index (κ2) is 66.6. The molecule has 76 heavy (non-hydrogen) atoms. The van der Waals surface area contributed by atoms with Gasteiger partial charge in [0.05, 0.1) is 6.61 Å².